The molecule has 0 aliphatic heterocycles. The number of nitrogens with zero attached hydrogens (tertiary/aromatic N) is 3. The van der Waals surface area contributed by atoms with E-state index in [0.717, 1.165) is 17.2 Å². The zero-order chi connectivity index (χ0) is 14.5. The molecular weight excluding hydrogens is 274 g/mol. The van der Waals surface area contributed by atoms with Crippen LogP contribution in [-0.2, 0) is 4.79 Å². The first kappa shape index (κ1) is 14.4. The summed E-state index contributed by atoms with van der Waals surface area (Å²) < 4.78 is 0. The van der Waals surface area contributed by atoms with Crippen LogP contribution in [0.5, 0.6) is 0 Å². The summed E-state index contributed by atoms with van der Waals surface area (Å²) in [4.78, 5) is 17.9. The van der Waals surface area contributed by atoms with Crippen molar-refractivity contribution < 1.29 is 4.79 Å². The van der Waals surface area contributed by atoms with Crippen LogP contribution < -0.4 is 10.2 Å². The molecule has 6 nitrogen and oxygen atoms in total. The Hall–Kier alpha value is -2.02. The molecule has 0 atom stereocenters. The summed E-state index contributed by atoms with van der Waals surface area (Å²) in [5.41, 5.74) is 1.88. The van der Waals surface area contributed by atoms with Crippen LogP contribution in [-0.4, -0.2) is 40.9 Å². The van der Waals surface area contributed by atoms with Gasteiger partial charge in [-0.25, -0.2) is 4.98 Å². The lowest BCUT2D eigenvalue weighted by atomic mass is 10.2. The van der Waals surface area contributed by atoms with E-state index in [0.29, 0.717) is 5.16 Å². The van der Waals surface area contributed by atoms with Crippen molar-refractivity contribution in [1.29, 1.82) is 0 Å². The van der Waals surface area contributed by atoms with E-state index in [-0.39, 0.29) is 11.7 Å². The smallest absolute Gasteiger partial charge is 0.234 e. The third-order valence-electron chi connectivity index (χ3n) is 2.58. The van der Waals surface area contributed by atoms with E-state index in [1.807, 2.05) is 50.2 Å². The zero-order valence-corrected chi connectivity index (χ0v) is 12.5. The number of aryl methyl sites for hydroxylation is 1. The Bertz CT molecular complexity index is 579. The van der Waals surface area contributed by atoms with Crippen LogP contribution in [0, 0.1) is 6.92 Å². The minimum absolute atomic E-state index is 0.0740. The fourth-order valence-corrected chi connectivity index (χ4v) is 2.20. The van der Waals surface area contributed by atoms with E-state index in [9.17, 15) is 4.79 Å². The van der Waals surface area contributed by atoms with E-state index in [1.54, 1.807) is 0 Å². The molecule has 0 aliphatic carbocycles. The summed E-state index contributed by atoms with van der Waals surface area (Å²) in [6.07, 6.45) is 0. The first-order valence-electron chi connectivity index (χ1n) is 6.13. The normalized spacial score (nSPS) is 10.3. The Morgan fingerprint density at radius 2 is 2.05 bits per heavy atom. The first-order valence-corrected chi connectivity index (χ1v) is 7.12. The highest BCUT2D eigenvalue weighted by molar-refractivity contribution is 7.99. The third-order valence-corrected chi connectivity index (χ3v) is 3.42. The number of amides is 1. The molecule has 0 radical (unpaired) electrons. The summed E-state index contributed by atoms with van der Waals surface area (Å²) in [6.45, 7) is 1.82. The van der Waals surface area contributed by atoms with Gasteiger partial charge in [-0.15, -0.1) is 5.10 Å². The van der Waals surface area contributed by atoms with Gasteiger partial charge < -0.3 is 10.2 Å². The van der Waals surface area contributed by atoms with Crippen LogP contribution >= 0.6 is 11.8 Å². The van der Waals surface area contributed by atoms with Crippen LogP contribution in [0.2, 0.25) is 0 Å². The average molecular weight is 291 g/mol. The van der Waals surface area contributed by atoms with Crippen molar-refractivity contribution in [3.05, 3.63) is 30.1 Å². The fourth-order valence-electron chi connectivity index (χ4n) is 1.56. The maximum absolute atomic E-state index is 11.8. The first-order chi connectivity index (χ1) is 9.54. The highest BCUT2D eigenvalue weighted by atomic mass is 32.2. The van der Waals surface area contributed by atoms with Gasteiger partial charge in [0.05, 0.1) is 5.75 Å². The fraction of sp³-hybridized carbons (Fsp3) is 0.308. The molecule has 106 valence electrons. The molecule has 20 heavy (non-hydrogen) atoms. The number of rotatable bonds is 5. The Labute approximate surface area is 122 Å². The third kappa shape index (κ3) is 3.99. The van der Waals surface area contributed by atoms with Crippen molar-refractivity contribution >= 4 is 29.0 Å². The summed E-state index contributed by atoms with van der Waals surface area (Å²) >= 11 is 1.30. The number of aromatic amines is 1. The molecule has 0 saturated carbocycles. The number of hydrogen-bond acceptors (Lipinski definition) is 5. The Morgan fingerprint density at radius 3 is 2.60 bits per heavy atom. The highest BCUT2D eigenvalue weighted by Gasteiger charge is 2.07. The number of thioether (sulfide) groups is 1. The number of hydrogen-bond donors (Lipinski definition) is 2. The monoisotopic (exact) mass is 291 g/mol. The van der Waals surface area contributed by atoms with Crippen LogP contribution in [0.3, 0.4) is 0 Å². The molecule has 1 aromatic heterocycles. The lowest BCUT2D eigenvalue weighted by Crippen LogP contribution is -2.14. The SMILES string of the molecule is Cc1nc(SCC(=O)Nc2ccc(N(C)C)cc2)n[nH]1. The van der Waals surface area contributed by atoms with Crippen LogP contribution in [0.25, 0.3) is 0 Å². The maximum Gasteiger partial charge on any atom is 0.234 e. The number of carbonyl (C=O) groups is 1. The Balaban J connectivity index is 1.84. The second-order valence-corrected chi connectivity index (χ2v) is 5.42. The second-order valence-electron chi connectivity index (χ2n) is 4.48. The molecule has 2 N–H and O–H groups in total. The van der Waals surface area contributed by atoms with Gasteiger partial charge in [0.15, 0.2) is 0 Å². The summed E-state index contributed by atoms with van der Waals surface area (Å²) in [5.74, 6) is 0.953. The van der Waals surface area contributed by atoms with Gasteiger partial charge in [-0.1, -0.05) is 11.8 Å². The quantitative estimate of drug-likeness (QED) is 0.823. The van der Waals surface area contributed by atoms with E-state index >= 15 is 0 Å². The molecule has 0 unspecified atom stereocenters. The van der Waals surface area contributed by atoms with E-state index in [1.165, 1.54) is 11.8 Å². The van der Waals surface area contributed by atoms with E-state index in [4.69, 9.17) is 0 Å². The molecule has 0 aliphatic rings. The predicted octanol–water partition coefficient (Wildman–Crippen LogP) is 1.91. The molecule has 1 heterocycles. The number of nitrogens with one attached hydrogen (secondary N) is 2. The molecular formula is C13H17N5OS. The average Bonchev–Trinajstić information content (AvgIpc) is 2.83. The standard InChI is InChI=1S/C13H17N5OS/c1-9-14-13(17-16-9)20-8-12(19)15-10-4-6-11(7-5-10)18(2)3/h4-7H,8H2,1-3H3,(H,15,19)(H,14,16,17). The van der Waals surface area contributed by atoms with Gasteiger partial charge in [-0.2, -0.15) is 0 Å². The second kappa shape index (κ2) is 6.42. The molecule has 2 rings (SSSR count). The molecule has 2 aromatic rings. The highest BCUT2D eigenvalue weighted by Crippen LogP contribution is 2.17. The Kier molecular flexibility index (Phi) is 4.62. The van der Waals surface area contributed by atoms with Gasteiger partial charge in [0.25, 0.3) is 0 Å². The van der Waals surface area contributed by atoms with Crippen LogP contribution in [0.15, 0.2) is 29.4 Å². The summed E-state index contributed by atoms with van der Waals surface area (Å²) in [5, 5.41) is 10.1. The number of carbonyl (C=O) groups excluding carboxylic acids is 1. The lowest BCUT2D eigenvalue weighted by molar-refractivity contribution is -0.113. The van der Waals surface area contributed by atoms with Gasteiger partial charge >= 0.3 is 0 Å². The van der Waals surface area contributed by atoms with Gasteiger partial charge in [0.2, 0.25) is 11.1 Å². The van der Waals surface area contributed by atoms with E-state index < -0.39 is 0 Å². The molecule has 0 saturated heterocycles. The van der Waals surface area contributed by atoms with Crippen molar-refractivity contribution in [3.63, 3.8) is 0 Å². The minimum Gasteiger partial charge on any atom is -0.378 e. The topological polar surface area (TPSA) is 73.9 Å². The van der Waals surface area contributed by atoms with Crippen LogP contribution in [0.4, 0.5) is 11.4 Å². The number of aromatic nitrogens is 3. The predicted molar refractivity (Wildman–Crippen MR) is 81.2 cm³/mol. The molecule has 1 aromatic carbocycles. The van der Waals surface area contributed by atoms with Crippen molar-refractivity contribution in [2.24, 2.45) is 0 Å². The van der Waals surface area contributed by atoms with Crippen molar-refractivity contribution in [2.75, 3.05) is 30.1 Å². The molecule has 7 heteroatoms. The Morgan fingerprint density at radius 1 is 1.35 bits per heavy atom. The number of anilines is 2. The summed E-state index contributed by atoms with van der Waals surface area (Å²) in [7, 11) is 3.95. The zero-order valence-electron chi connectivity index (χ0n) is 11.7. The van der Waals surface area contributed by atoms with Gasteiger partial charge in [0, 0.05) is 25.5 Å². The van der Waals surface area contributed by atoms with Gasteiger partial charge in [-0.05, 0) is 31.2 Å². The largest absolute Gasteiger partial charge is 0.378 e. The van der Waals surface area contributed by atoms with E-state index in [2.05, 4.69) is 20.5 Å². The van der Waals surface area contributed by atoms with Crippen molar-refractivity contribution in [2.45, 2.75) is 12.1 Å². The summed E-state index contributed by atoms with van der Waals surface area (Å²) in [6, 6.07) is 7.69. The van der Waals surface area contributed by atoms with Crippen LogP contribution in [0.1, 0.15) is 5.82 Å². The lowest BCUT2D eigenvalue weighted by Gasteiger charge is -2.12. The molecule has 1 amide bonds. The van der Waals surface area contributed by atoms with Crippen molar-refractivity contribution in [3.8, 4) is 0 Å². The molecule has 0 spiro atoms. The van der Waals surface area contributed by atoms with Crippen molar-refractivity contribution in [1.82, 2.24) is 15.2 Å². The molecule has 0 bridgehead atoms. The maximum atomic E-state index is 11.8. The number of benzene rings is 1. The molecule has 0 fully saturated rings. The minimum atomic E-state index is -0.0740. The van der Waals surface area contributed by atoms with Gasteiger partial charge in [0.1, 0.15) is 5.82 Å². The van der Waals surface area contributed by atoms with Gasteiger partial charge in [-0.3, -0.25) is 9.89 Å². The number of H-pyrrole nitrogens is 1.